The van der Waals surface area contributed by atoms with E-state index in [0.717, 1.165) is 23.8 Å². The number of nitrogens with zero attached hydrogens (tertiary/aromatic N) is 2. The molecule has 1 atom stereocenters. The Morgan fingerprint density at radius 1 is 1.42 bits per heavy atom. The van der Waals surface area contributed by atoms with Crippen molar-refractivity contribution in [3.05, 3.63) is 46.1 Å². The molecular weight excluding hydrogens is 264 g/mol. The Labute approximate surface area is 116 Å². The van der Waals surface area contributed by atoms with Crippen LogP contribution in [-0.4, -0.2) is 15.3 Å². The van der Waals surface area contributed by atoms with Gasteiger partial charge < -0.3 is 0 Å². The summed E-state index contributed by atoms with van der Waals surface area (Å²) in [5.41, 5.74) is 1.49. The quantitative estimate of drug-likeness (QED) is 0.470. The molecule has 0 N–H and O–H groups in total. The molecule has 1 heterocycles. The second-order valence-electron chi connectivity index (χ2n) is 4.49. The van der Waals surface area contributed by atoms with E-state index in [1.807, 2.05) is 6.07 Å². The molecule has 1 aromatic carbocycles. The number of aromatic nitrogens is 1. The summed E-state index contributed by atoms with van der Waals surface area (Å²) in [6.45, 7) is 2.09. The molecule has 0 saturated carbocycles. The van der Waals surface area contributed by atoms with Crippen LogP contribution in [0, 0.1) is 10.1 Å². The van der Waals surface area contributed by atoms with Crippen molar-refractivity contribution >= 4 is 28.2 Å². The van der Waals surface area contributed by atoms with Gasteiger partial charge in [-0.1, -0.05) is 25.5 Å². The Morgan fingerprint density at radius 2 is 2.21 bits per heavy atom. The topological polar surface area (TPSA) is 56.0 Å². The number of fused-ring (bicyclic) bond motifs is 1. The number of nitro benzene ring substituents is 1. The van der Waals surface area contributed by atoms with Crippen molar-refractivity contribution < 1.29 is 4.92 Å². The van der Waals surface area contributed by atoms with Gasteiger partial charge in [-0.25, -0.2) is 4.98 Å². The highest BCUT2D eigenvalue weighted by molar-refractivity contribution is 6.20. The number of rotatable bonds is 5. The van der Waals surface area contributed by atoms with Crippen LogP contribution in [0.2, 0.25) is 0 Å². The first-order valence-corrected chi connectivity index (χ1v) is 6.72. The minimum Gasteiger partial charge on any atom is -0.258 e. The highest BCUT2D eigenvalue weighted by Crippen LogP contribution is 2.28. The van der Waals surface area contributed by atoms with Gasteiger partial charge in [0.25, 0.3) is 5.69 Å². The molecule has 4 nitrogen and oxygen atoms in total. The van der Waals surface area contributed by atoms with E-state index in [1.165, 1.54) is 6.07 Å². The van der Waals surface area contributed by atoms with Crippen LogP contribution < -0.4 is 0 Å². The van der Waals surface area contributed by atoms with E-state index in [4.69, 9.17) is 11.6 Å². The van der Waals surface area contributed by atoms with Crippen molar-refractivity contribution in [2.24, 2.45) is 0 Å². The largest absolute Gasteiger partial charge is 0.295 e. The monoisotopic (exact) mass is 278 g/mol. The molecule has 100 valence electrons. The molecule has 5 heteroatoms. The van der Waals surface area contributed by atoms with Crippen LogP contribution in [0.15, 0.2) is 30.5 Å². The normalized spacial score (nSPS) is 12.5. The number of hydrogen-bond donors (Lipinski definition) is 0. The maximum atomic E-state index is 11.0. The zero-order chi connectivity index (χ0) is 13.8. The smallest absolute Gasteiger partial charge is 0.258 e. The first-order valence-electron chi connectivity index (χ1n) is 6.28. The highest BCUT2D eigenvalue weighted by Gasteiger charge is 2.16. The third kappa shape index (κ3) is 3.01. The molecule has 0 saturated heterocycles. The second-order valence-corrected chi connectivity index (χ2v) is 5.11. The van der Waals surface area contributed by atoms with Crippen molar-refractivity contribution in [2.75, 3.05) is 0 Å². The molecule has 19 heavy (non-hydrogen) atoms. The third-order valence-electron chi connectivity index (χ3n) is 3.08. The van der Waals surface area contributed by atoms with E-state index in [-0.39, 0.29) is 11.1 Å². The molecule has 2 rings (SSSR count). The van der Waals surface area contributed by atoms with E-state index in [0.29, 0.717) is 11.9 Å². The number of alkyl halides is 1. The molecule has 2 aromatic rings. The Kier molecular flexibility index (Phi) is 4.32. The predicted octanol–water partition coefficient (Wildman–Crippen LogP) is 4.09. The van der Waals surface area contributed by atoms with Crippen molar-refractivity contribution in [2.45, 2.75) is 31.6 Å². The summed E-state index contributed by atoms with van der Waals surface area (Å²) in [4.78, 5) is 14.7. The van der Waals surface area contributed by atoms with Crippen molar-refractivity contribution in [3.63, 3.8) is 0 Å². The first kappa shape index (κ1) is 13.7. The van der Waals surface area contributed by atoms with Gasteiger partial charge in [-0.2, -0.15) is 0 Å². The van der Waals surface area contributed by atoms with E-state index >= 15 is 0 Å². The van der Waals surface area contributed by atoms with E-state index in [1.54, 1.807) is 18.3 Å². The maximum absolute atomic E-state index is 11.0. The van der Waals surface area contributed by atoms with Crippen LogP contribution in [0.3, 0.4) is 0 Å². The highest BCUT2D eigenvalue weighted by atomic mass is 35.5. The van der Waals surface area contributed by atoms with Crippen LogP contribution in [-0.2, 0) is 6.42 Å². The minimum atomic E-state index is -0.399. The van der Waals surface area contributed by atoms with E-state index in [9.17, 15) is 10.1 Å². The fraction of sp³-hybridized carbons (Fsp3) is 0.357. The molecule has 0 spiro atoms. The number of hydrogen-bond acceptors (Lipinski definition) is 3. The molecule has 0 aliphatic carbocycles. The van der Waals surface area contributed by atoms with Crippen molar-refractivity contribution in [1.29, 1.82) is 0 Å². The zero-order valence-corrected chi connectivity index (χ0v) is 11.4. The summed E-state index contributed by atoms with van der Waals surface area (Å²) >= 11 is 6.26. The van der Waals surface area contributed by atoms with Crippen molar-refractivity contribution in [1.82, 2.24) is 4.98 Å². The molecule has 0 aliphatic heterocycles. The van der Waals surface area contributed by atoms with Crippen LogP contribution in [0.1, 0.15) is 25.3 Å². The maximum Gasteiger partial charge on any atom is 0.295 e. The number of benzene rings is 1. The average Bonchev–Trinajstić information content (AvgIpc) is 2.39. The number of pyridine rings is 1. The van der Waals surface area contributed by atoms with Gasteiger partial charge in [0.15, 0.2) is 0 Å². The number of non-ortho nitro benzene ring substituents is 1. The fourth-order valence-corrected chi connectivity index (χ4v) is 2.58. The van der Waals surface area contributed by atoms with Gasteiger partial charge in [-0.3, -0.25) is 10.1 Å². The average molecular weight is 279 g/mol. The van der Waals surface area contributed by atoms with E-state index in [2.05, 4.69) is 11.9 Å². The Bertz CT molecular complexity index is 601. The lowest BCUT2D eigenvalue weighted by molar-refractivity contribution is -0.383. The molecule has 0 amide bonds. The molecule has 0 fully saturated rings. The second kappa shape index (κ2) is 5.97. The summed E-state index contributed by atoms with van der Waals surface area (Å²) in [6, 6.07) is 6.95. The summed E-state index contributed by atoms with van der Waals surface area (Å²) in [5, 5.41) is 11.9. The molecule has 0 aliphatic rings. The first-order chi connectivity index (χ1) is 9.13. The van der Waals surface area contributed by atoms with Crippen LogP contribution >= 0.6 is 11.6 Å². The Hall–Kier alpha value is -1.68. The molecular formula is C14H15ClN2O2. The van der Waals surface area contributed by atoms with Gasteiger partial charge in [0.2, 0.25) is 0 Å². The summed E-state index contributed by atoms with van der Waals surface area (Å²) < 4.78 is 0. The fourth-order valence-electron chi connectivity index (χ4n) is 2.20. The number of halogens is 1. The van der Waals surface area contributed by atoms with Gasteiger partial charge >= 0.3 is 0 Å². The minimum absolute atomic E-state index is 0.0426. The Morgan fingerprint density at radius 3 is 2.89 bits per heavy atom. The number of nitro groups is 1. The summed E-state index contributed by atoms with van der Waals surface area (Å²) in [6.07, 6.45) is 4.23. The molecule has 1 aromatic heterocycles. The van der Waals surface area contributed by atoms with Gasteiger partial charge in [0.05, 0.1) is 4.92 Å². The zero-order valence-electron chi connectivity index (χ0n) is 10.7. The van der Waals surface area contributed by atoms with Crippen LogP contribution in [0.4, 0.5) is 5.69 Å². The van der Waals surface area contributed by atoms with Gasteiger partial charge in [0.1, 0.15) is 5.52 Å². The summed E-state index contributed by atoms with van der Waals surface area (Å²) in [5.74, 6) is 0. The van der Waals surface area contributed by atoms with E-state index < -0.39 is 4.92 Å². The van der Waals surface area contributed by atoms with Gasteiger partial charge in [-0.05, 0) is 24.5 Å². The van der Waals surface area contributed by atoms with Gasteiger partial charge in [-0.15, -0.1) is 11.6 Å². The van der Waals surface area contributed by atoms with Crippen molar-refractivity contribution in [3.8, 4) is 0 Å². The molecule has 0 radical (unpaired) electrons. The molecule has 0 bridgehead atoms. The Balaban J connectivity index is 2.46. The lowest BCUT2D eigenvalue weighted by Crippen LogP contribution is -2.04. The van der Waals surface area contributed by atoms with Crippen LogP contribution in [0.5, 0.6) is 0 Å². The lowest BCUT2D eigenvalue weighted by atomic mass is 10.0. The third-order valence-corrected chi connectivity index (χ3v) is 3.45. The van der Waals surface area contributed by atoms with Gasteiger partial charge in [0, 0.05) is 23.0 Å². The molecule has 1 unspecified atom stereocenters. The predicted molar refractivity (Wildman–Crippen MR) is 76.7 cm³/mol. The summed E-state index contributed by atoms with van der Waals surface area (Å²) in [7, 11) is 0. The SMILES string of the molecule is CCCC(Cl)Cc1ccc([N+](=O)[O-])c2ncccc12. The van der Waals surface area contributed by atoms with Crippen LogP contribution in [0.25, 0.3) is 10.9 Å². The lowest BCUT2D eigenvalue weighted by Gasteiger charge is -2.10. The standard InChI is InChI=1S/C14H15ClN2O2/c1-2-4-11(15)9-10-6-7-13(17(18)19)14-12(10)5-3-8-16-14/h3,5-8,11H,2,4,9H2,1H3.